The van der Waals surface area contributed by atoms with Gasteiger partial charge in [-0.1, -0.05) is 37.0 Å². The molecule has 0 radical (unpaired) electrons. The van der Waals surface area contributed by atoms with Gasteiger partial charge in [-0.3, -0.25) is 0 Å². The molecule has 4 nitrogen and oxygen atoms in total. The third-order valence-corrected chi connectivity index (χ3v) is 5.26. The van der Waals surface area contributed by atoms with Crippen LogP contribution in [0.15, 0.2) is 24.3 Å². The zero-order valence-electron chi connectivity index (χ0n) is 14.8. The number of hydrogen-bond acceptors (Lipinski definition) is 3. The van der Waals surface area contributed by atoms with Crippen LogP contribution < -0.4 is 4.74 Å². The van der Waals surface area contributed by atoms with Gasteiger partial charge in [0.1, 0.15) is 0 Å². The van der Waals surface area contributed by atoms with Gasteiger partial charge in [-0.15, -0.1) is 5.10 Å². The van der Waals surface area contributed by atoms with Crippen LogP contribution in [-0.2, 0) is 0 Å². The Balaban J connectivity index is 1.67. The largest absolute Gasteiger partial charge is 0.477 e. The fourth-order valence-corrected chi connectivity index (χ4v) is 3.44. The molecule has 3 rings (SSSR count). The zero-order chi connectivity index (χ0) is 17.8. The van der Waals surface area contributed by atoms with Gasteiger partial charge in [0.15, 0.2) is 0 Å². The molecular weight excluding hydrogens is 357 g/mol. The highest BCUT2D eigenvalue weighted by atomic mass is 35.5. The van der Waals surface area contributed by atoms with Crippen molar-refractivity contribution in [3.05, 3.63) is 40.0 Å². The van der Waals surface area contributed by atoms with E-state index in [4.69, 9.17) is 27.9 Å². The summed E-state index contributed by atoms with van der Waals surface area (Å²) < 4.78 is 7.79. The van der Waals surface area contributed by atoms with E-state index in [9.17, 15) is 0 Å². The molecule has 0 atom stereocenters. The minimum atomic E-state index is 0.323. The van der Waals surface area contributed by atoms with E-state index in [2.05, 4.69) is 23.8 Å². The predicted octanol–water partition coefficient (Wildman–Crippen LogP) is 5.17. The number of nitrogens with zero attached hydrogens (tertiary/aromatic N) is 3. The molecular formula is C19H25Cl2N3O. The van der Waals surface area contributed by atoms with Gasteiger partial charge in [0, 0.05) is 12.6 Å². The molecule has 0 spiro atoms. The van der Waals surface area contributed by atoms with Crippen molar-refractivity contribution in [2.45, 2.75) is 39.0 Å². The van der Waals surface area contributed by atoms with Crippen molar-refractivity contribution in [1.82, 2.24) is 14.7 Å². The lowest BCUT2D eigenvalue weighted by Gasteiger charge is -2.13. The van der Waals surface area contributed by atoms with Crippen molar-refractivity contribution < 1.29 is 4.74 Å². The van der Waals surface area contributed by atoms with E-state index in [0.717, 1.165) is 24.3 Å². The van der Waals surface area contributed by atoms with E-state index < -0.39 is 0 Å². The second-order valence-electron chi connectivity index (χ2n) is 6.82. The average molecular weight is 382 g/mol. The number of ether oxygens (including phenoxy) is 1. The van der Waals surface area contributed by atoms with Crippen molar-refractivity contribution >= 4 is 23.2 Å². The molecule has 0 bridgehead atoms. The zero-order valence-corrected chi connectivity index (χ0v) is 16.4. The summed E-state index contributed by atoms with van der Waals surface area (Å²) in [5.41, 5.74) is 1.98. The Morgan fingerprint density at radius 1 is 1.12 bits per heavy atom. The van der Waals surface area contributed by atoms with E-state index in [0.29, 0.717) is 28.5 Å². The van der Waals surface area contributed by atoms with Gasteiger partial charge in [0.25, 0.3) is 0 Å². The number of likely N-dealkylation sites (tertiary alicyclic amines) is 1. The Hall–Kier alpha value is -1.23. The molecule has 1 aromatic heterocycles. The summed E-state index contributed by atoms with van der Waals surface area (Å²) in [5, 5.41) is 5.69. The maximum atomic E-state index is 6.16. The highest BCUT2D eigenvalue weighted by Crippen LogP contribution is 2.28. The fourth-order valence-electron chi connectivity index (χ4n) is 3.15. The topological polar surface area (TPSA) is 30.3 Å². The lowest BCUT2D eigenvalue weighted by atomic mass is 10.1. The highest BCUT2D eigenvalue weighted by Gasteiger charge is 2.15. The molecule has 0 aliphatic carbocycles. The van der Waals surface area contributed by atoms with Crippen LogP contribution in [0.2, 0.25) is 10.0 Å². The molecule has 25 heavy (non-hydrogen) atoms. The van der Waals surface area contributed by atoms with Crippen molar-refractivity contribution in [3.8, 4) is 11.6 Å². The smallest absolute Gasteiger partial charge is 0.233 e. The van der Waals surface area contributed by atoms with Crippen molar-refractivity contribution in [1.29, 1.82) is 0 Å². The number of benzene rings is 1. The monoisotopic (exact) mass is 381 g/mol. The molecule has 1 aliphatic heterocycles. The lowest BCUT2D eigenvalue weighted by Crippen LogP contribution is -2.21. The quantitative estimate of drug-likeness (QED) is 0.619. The van der Waals surface area contributed by atoms with Crippen LogP contribution in [0, 0.1) is 0 Å². The van der Waals surface area contributed by atoms with E-state index in [-0.39, 0.29) is 0 Å². The third kappa shape index (κ3) is 4.69. The Morgan fingerprint density at radius 3 is 2.56 bits per heavy atom. The normalized spacial score (nSPS) is 15.2. The highest BCUT2D eigenvalue weighted by molar-refractivity contribution is 6.42. The average Bonchev–Trinajstić information content (AvgIpc) is 3.23. The summed E-state index contributed by atoms with van der Waals surface area (Å²) in [4.78, 5) is 2.50. The minimum Gasteiger partial charge on any atom is -0.477 e. The maximum absolute atomic E-state index is 6.16. The van der Waals surface area contributed by atoms with Gasteiger partial charge in [-0.25, -0.2) is 4.68 Å². The Labute approximate surface area is 159 Å². The minimum absolute atomic E-state index is 0.323. The lowest BCUT2D eigenvalue weighted by molar-refractivity contribution is 0.256. The van der Waals surface area contributed by atoms with Crippen molar-refractivity contribution in [2.75, 3.05) is 26.2 Å². The first kappa shape index (κ1) is 18.6. The van der Waals surface area contributed by atoms with Crippen LogP contribution in [0.3, 0.4) is 0 Å². The molecule has 1 fully saturated rings. The molecule has 1 aliphatic rings. The first-order valence-corrected chi connectivity index (χ1v) is 9.70. The van der Waals surface area contributed by atoms with E-state index >= 15 is 0 Å². The fraction of sp³-hybridized carbons (Fsp3) is 0.526. The van der Waals surface area contributed by atoms with Crippen LogP contribution in [0.1, 0.15) is 44.7 Å². The summed E-state index contributed by atoms with van der Waals surface area (Å²) in [7, 11) is 0. The van der Waals surface area contributed by atoms with Gasteiger partial charge < -0.3 is 9.64 Å². The number of halogens is 2. The van der Waals surface area contributed by atoms with Crippen LogP contribution in [0.4, 0.5) is 0 Å². The predicted molar refractivity (Wildman–Crippen MR) is 103 cm³/mol. The number of aromatic nitrogens is 2. The van der Waals surface area contributed by atoms with Crippen LogP contribution >= 0.6 is 23.2 Å². The summed E-state index contributed by atoms with van der Waals surface area (Å²) in [5.74, 6) is 0.986. The molecule has 1 saturated heterocycles. The van der Waals surface area contributed by atoms with E-state index in [1.54, 1.807) is 6.07 Å². The third-order valence-electron chi connectivity index (χ3n) is 4.52. The molecule has 2 aromatic rings. The Kier molecular flexibility index (Phi) is 6.26. The standard InChI is InChI=1S/C19H25Cl2N3O/c1-14(2)18-13-19(25-11-5-10-23-8-3-4-9-23)22-24(18)15-6-7-16(20)17(21)12-15/h6-7,12-14H,3-5,8-11H2,1-2H3. The number of hydrogen-bond donors (Lipinski definition) is 0. The Bertz CT molecular complexity index is 709. The van der Waals surface area contributed by atoms with Crippen LogP contribution in [0.5, 0.6) is 5.88 Å². The van der Waals surface area contributed by atoms with Gasteiger partial charge in [-0.05, 0) is 56.5 Å². The van der Waals surface area contributed by atoms with E-state index in [1.807, 2.05) is 22.9 Å². The summed E-state index contributed by atoms with van der Waals surface area (Å²) >= 11 is 12.2. The molecule has 0 saturated carbocycles. The second kappa shape index (κ2) is 8.43. The first-order valence-electron chi connectivity index (χ1n) is 8.95. The molecule has 2 heterocycles. The SMILES string of the molecule is CC(C)c1cc(OCCCN2CCCC2)nn1-c1ccc(Cl)c(Cl)c1. The van der Waals surface area contributed by atoms with Gasteiger partial charge in [0.2, 0.25) is 5.88 Å². The summed E-state index contributed by atoms with van der Waals surface area (Å²) in [6, 6.07) is 7.56. The molecule has 0 unspecified atom stereocenters. The van der Waals surface area contributed by atoms with Gasteiger partial charge in [-0.2, -0.15) is 0 Å². The Morgan fingerprint density at radius 2 is 1.88 bits per heavy atom. The van der Waals surface area contributed by atoms with Crippen LogP contribution in [-0.4, -0.2) is 40.9 Å². The first-order chi connectivity index (χ1) is 12.0. The summed E-state index contributed by atoms with van der Waals surface area (Å²) in [6.45, 7) is 8.52. The molecule has 0 amide bonds. The van der Waals surface area contributed by atoms with Gasteiger partial charge in [0.05, 0.1) is 28.0 Å². The van der Waals surface area contributed by atoms with E-state index in [1.165, 1.54) is 25.9 Å². The molecule has 0 N–H and O–H groups in total. The second-order valence-corrected chi connectivity index (χ2v) is 7.64. The summed E-state index contributed by atoms with van der Waals surface area (Å²) in [6.07, 6.45) is 3.68. The molecule has 1 aromatic carbocycles. The van der Waals surface area contributed by atoms with Crippen molar-refractivity contribution in [3.63, 3.8) is 0 Å². The van der Waals surface area contributed by atoms with Gasteiger partial charge >= 0.3 is 0 Å². The van der Waals surface area contributed by atoms with Crippen LogP contribution in [0.25, 0.3) is 5.69 Å². The molecule has 136 valence electrons. The number of rotatable bonds is 7. The molecule has 6 heteroatoms. The maximum Gasteiger partial charge on any atom is 0.233 e. The van der Waals surface area contributed by atoms with Crippen molar-refractivity contribution in [2.24, 2.45) is 0 Å².